The van der Waals surface area contributed by atoms with Gasteiger partial charge in [-0.1, -0.05) is 75.7 Å². The average molecular weight is 474 g/mol. The van der Waals surface area contributed by atoms with Crippen LogP contribution in [0.2, 0.25) is 0 Å². The number of ether oxygens (including phenoxy) is 2. The minimum absolute atomic E-state index is 0.0571. The van der Waals surface area contributed by atoms with Crippen LogP contribution < -0.4 is 4.74 Å². The highest BCUT2D eigenvalue weighted by Crippen LogP contribution is 2.49. The number of esters is 1. The van der Waals surface area contributed by atoms with Crippen LogP contribution in [0.15, 0.2) is 70.9 Å². The number of benzene rings is 2. The number of ketones is 1. The monoisotopic (exact) mass is 473 g/mol. The van der Waals surface area contributed by atoms with Crippen LogP contribution in [-0.4, -0.2) is 24.1 Å². The van der Waals surface area contributed by atoms with E-state index in [0.29, 0.717) is 43.1 Å². The molecule has 1 aliphatic heterocycles. The van der Waals surface area contributed by atoms with Crippen LogP contribution in [0.1, 0.15) is 70.4 Å². The third-order valence-corrected chi connectivity index (χ3v) is 6.79. The van der Waals surface area contributed by atoms with Crippen molar-refractivity contribution in [2.45, 2.75) is 65.9 Å². The van der Waals surface area contributed by atoms with E-state index in [4.69, 9.17) is 14.5 Å². The predicted molar refractivity (Wildman–Crippen MR) is 137 cm³/mol. The summed E-state index contributed by atoms with van der Waals surface area (Å²) in [5.41, 5.74) is 3.85. The van der Waals surface area contributed by atoms with E-state index in [-0.39, 0.29) is 17.2 Å². The molecule has 4 rings (SSSR count). The molecule has 0 saturated carbocycles. The zero-order valence-electron chi connectivity index (χ0n) is 21.2. The zero-order chi connectivity index (χ0) is 25.0. The van der Waals surface area contributed by atoms with Gasteiger partial charge in [0, 0.05) is 34.9 Å². The van der Waals surface area contributed by atoms with Gasteiger partial charge in [-0.3, -0.25) is 14.6 Å². The molecule has 2 aromatic carbocycles. The molecule has 0 spiro atoms. The molecule has 5 nitrogen and oxygen atoms in total. The molecule has 0 radical (unpaired) electrons. The van der Waals surface area contributed by atoms with E-state index < -0.39 is 11.8 Å². The fourth-order valence-electron chi connectivity index (χ4n) is 5.10. The first-order valence-electron chi connectivity index (χ1n) is 12.5. The van der Waals surface area contributed by atoms with E-state index in [1.54, 1.807) is 0 Å². The third kappa shape index (κ3) is 5.55. The lowest BCUT2D eigenvalue weighted by Crippen LogP contribution is -2.39. The summed E-state index contributed by atoms with van der Waals surface area (Å²) in [4.78, 5) is 31.7. The fraction of sp³-hybridized carbons (Fsp3) is 0.433. The molecule has 1 unspecified atom stereocenters. The standard InChI is InChI=1S/C30H35NO4/c1-5-6-16-34-29(33)26-20(2)31-23-17-30(3,4)18-24(32)28(23)27(26)22-14-10-11-15-25(22)35-19-21-12-8-7-9-13-21/h7-15,26-27H,5-6,16-19H2,1-4H3/t26?,27-/m0/s1. The van der Waals surface area contributed by atoms with E-state index in [0.717, 1.165) is 29.7 Å². The molecular formula is C30H35NO4. The number of Topliss-reactive ketones (excluding diaryl/α,β-unsaturated/α-hetero) is 1. The Morgan fingerprint density at radius 2 is 1.77 bits per heavy atom. The van der Waals surface area contributed by atoms with Crippen molar-refractivity contribution in [1.82, 2.24) is 0 Å². The van der Waals surface area contributed by atoms with E-state index in [2.05, 4.69) is 20.8 Å². The summed E-state index contributed by atoms with van der Waals surface area (Å²) in [6.07, 6.45) is 2.87. The largest absolute Gasteiger partial charge is 0.489 e. The number of rotatable bonds is 8. The predicted octanol–water partition coefficient (Wildman–Crippen LogP) is 6.43. The number of nitrogens with zero attached hydrogens (tertiary/aromatic N) is 1. The van der Waals surface area contributed by atoms with E-state index in [1.807, 2.05) is 61.5 Å². The van der Waals surface area contributed by atoms with Crippen molar-refractivity contribution >= 4 is 17.5 Å². The summed E-state index contributed by atoms with van der Waals surface area (Å²) in [5.74, 6) is -0.732. The molecule has 1 heterocycles. The molecule has 0 N–H and O–H groups in total. The summed E-state index contributed by atoms with van der Waals surface area (Å²) in [5, 5.41) is 0. The summed E-state index contributed by atoms with van der Waals surface area (Å²) < 4.78 is 11.9. The van der Waals surface area contributed by atoms with Gasteiger partial charge in [-0.15, -0.1) is 0 Å². The highest BCUT2D eigenvalue weighted by atomic mass is 16.5. The van der Waals surface area contributed by atoms with Gasteiger partial charge in [0.15, 0.2) is 5.78 Å². The summed E-state index contributed by atoms with van der Waals surface area (Å²) in [7, 11) is 0. The lowest BCUT2D eigenvalue weighted by Gasteiger charge is -2.39. The number of aliphatic imine (C=N–C) groups is 1. The molecule has 2 aliphatic rings. The Labute approximate surface area is 208 Å². The molecular weight excluding hydrogens is 438 g/mol. The first-order chi connectivity index (χ1) is 16.8. The van der Waals surface area contributed by atoms with Crippen LogP contribution in [0.4, 0.5) is 0 Å². The molecule has 184 valence electrons. The number of hydrogen-bond acceptors (Lipinski definition) is 5. The van der Waals surface area contributed by atoms with Gasteiger partial charge < -0.3 is 9.47 Å². The Balaban J connectivity index is 1.76. The smallest absolute Gasteiger partial charge is 0.315 e. The molecule has 2 aromatic rings. The summed E-state index contributed by atoms with van der Waals surface area (Å²) >= 11 is 0. The maximum Gasteiger partial charge on any atom is 0.315 e. The van der Waals surface area contributed by atoms with Gasteiger partial charge in [-0.25, -0.2) is 0 Å². The SMILES string of the molecule is CCCCOC(=O)C1C(C)=NC2=C(C(=O)CC(C)(C)C2)[C@H]1c1ccccc1OCc1ccccc1. The van der Waals surface area contributed by atoms with Crippen LogP contribution in [0, 0.1) is 11.3 Å². The molecule has 0 fully saturated rings. The first-order valence-corrected chi connectivity index (χ1v) is 12.5. The molecule has 0 saturated heterocycles. The molecule has 2 atom stereocenters. The van der Waals surface area contributed by atoms with Gasteiger partial charge in [0.25, 0.3) is 0 Å². The van der Waals surface area contributed by atoms with Crippen molar-refractivity contribution in [1.29, 1.82) is 0 Å². The quantitative estimate of drug-likeness (QED) is 0.327. The zero-order valence-corrected chi connectivity index (χ0v) is 21.2. The van der Waals surface area contributed by atoms with Crippen LogP contribution in [-0.2, 0) is 20.9 Å². The van der Waals surface area contributed by atoms with Gasteiger partial charge >= 0.3 is 5.97 Å². The van der Waals surface area contributed by atoms with Gasteiger partial charge in [0.1, 0.15) is 18.3 Å². The molecule has 0 amide bonds. The van der Waals surface area contributed by atoms with Crippen LogP contribution in [0.25, 0.3) is 0 Å². The topological polar surface area (TPSA) is 65.0 Å². The first kappa shape index (κ1) is 24.9. The second kappa shape index (κ2) is 10.6. The second-order valence-electron chi connectivity index (χ2n) is 10.3. The lowest BCUT2D eigenvalue weighted by atomic mass is 9.66. The van der Waals surface area contributed by atoms with E-state index in [1.165, 1.54) is 0 Å². The van der Waals surface area contributed by atoms with Crippen LogP contribution in [0.3, 0.4) is 0 Å². The average Bonchev–Trinajstić information content (AvgIpc) is 2.82. The Bertz CT molecular complexity index is 1150. The van der Waals surface area contributed by atoms with Crippen molar-refractivity contribution < 1.29 is 19.1 Å². The van der Waals surface area contributed by atoms with E-state index >= 15 is 0 Å². The van der Waals surface area contributed by atoms with Crippen LogP contribution >= 0.6 is 0 Å². The fourth-order valence-corrected chi connectivity index (χ4v) is 5.10. The number of carbonyl (C=O) groups excluding carboxylic acids is 2. The highest BCUT2D eigenvalue weighted by molar-refractivity contribution is 6.09. The molecule has 1 aliphatic carbocycles. The molecule has 0 aromatic heterocycles. The molecule has 0 bridgehead atoms. The number of hydrogen-bond donors (Lipinski definition) is 0. The Morgan fingerprint density at radius 1 is 1.06 bits per heavy atom. The van der Waals surface area contributed by atoms with E-state index in [9.17, 15) is 9.59 Å². The van der Waals surface area contributed by atoms with Gasteiger partial charge in [-0.2, -0.15) is 0 Å². The number of unbranched alkanes of at least 4 members (excludes halogenated alkanes) is 1. The van der Waals surface area contributed by atoms with Crippen molar-refractivity contribution in [3.8, 4) is 5.75 Å². The van der Waals surface area contributed by atoms with Gasteiger partial charge in [-0.05, 0) is 36.8 Å². The normalized spacial score (nSPS) is 21.3. The Morgan fingerprint density at radius 3 is 2.51 bits per heavy atom. The Kier molecular flexibility index (Phi) is 7.54. The minimum atomic E-state index is -0.655. The van der Waals surface area contributed by atoms with Crippen molar-refractivity contribution in [3.63, 3.8) is 0 Å². The lowest BCUT2D eigenvalue weighted by molar-refractivity contribution is -0.146. The minimum Gasteiger partial charge on any atom is -0.489 e. The number of allylic oxidation sites excluding steroid dienone is 2. The van der Waals surface area contributed by atoms with Gasteiger partial charge in [0.2, 0.25) is 0 Å². The van der Waals surface area contributed by atoms with Gasteiger partial charge in [0.05, 0.1) is 6.61 Å². The number of carbonyl (C=O) groups is 2. The van der Waals surface area contributed by atoms with Crippen LogP contribution in [0.5, 0.6) is 5.75 Å². The molecule has 5 heteroatoms. The van der Waals surface area contributed by atoms with Crippen molar-refractivity contribution in [3.05, 3.63) is 77.0 Å². The van der Waals surface area contributed by atoms with Crippen molar-refractivity contribution in [2.75, 3.05) is 6.61 Å². The maximum absolute atomic E-state index is 13.5. The highest BCUT2D eigenvalue weighted by Gasteiger charge is 2.46. The Hall–Kier alpha value is -3.21. The second-order valence-corrected chi connectivity index (χ2v) is 10.3. The summed E-state index contributed by atoms with van der Waals surface area (Å²) in [6.45, 7) is 8.89. The third-order valence-electron chi connectivity index (χ3n) is 6.79. The van der Waals surface area contributed by atoms with Crippen molar-refractivity contribution in [2.24, 2.45) is 16.3 Å². The number of para-hydroxylation sites is 1. The maximum atomic E-state index is 13.5. The summed E-state index contributed by atoms with van der Waals surface area (Å²) in [6, 6.07) is 17.7. The molecule has 35 heavy (non-hydrogen) atoms.